The lowest BCUT2D eigenvalue weighted by atomic mass is 10.3. The molecule has 0 aliphatic rings. The van der Waals surface area contributed by atoms with Crippen molar-refractivity contribution < 1.29 is 4.79 Å². The van der Waals surface area contributed by atoms with Crippen molar-refractivity contribution >= 4 is 6.03 Å². The van der Waals surface area contributed by atoms with Gasteiger partial charge in [-0.3, -0.25) is 0 Å². The fourth-order valence-electron chi connectivity index (χ4n) is 0.340. The summed E-state index contributed by atoms with van der Waals surface area (Å²) in [5.41, 5.74) is 4.77. The summed E-state index contributed by atoms with van der Waals surface area (Å²) in [7, 11) is 0. The molecule has 0 rings (SSSR count). The van der Waals surface area contributed by atoms with E-state index in [2.05, 4.69) is 5.32 Å². The molecule has 0 saturated carbocycles. The maximum Gasteiger partial charge on any atom is 0.312 e. The Morgan fingerprint density at radius 2 is 2.50 bits per heavy atom. The summed E-state index contributed by atoms with van der Waals surface area (Å²) in [6, 6.07) is -0.452. The smallest absolute Gasteiger partial charge is 0.312 e. The van der Waals surface area contributed by atoms with Crippen molar-refractivity contribution in [2.45, 2.75) is 13.3 Å². The van der Waals surface area contributed by atoms with Gasteiger partial charge in [0.25, 0.3) is 0 Å². The van der Waals surface area contributed by atoms with Gasteiger partial charge in [0.2, 0.25) is 0 Å². The van der Waals surface area contributed by atoms with E-state index in [-0.39, 0.29) is 0 Å². The average Bonchev–Trinajstić information content (AvgIpc) is 1.66. The van der Waals surface area contributed by atoms with Gasteiger partial charge in [-0.1, -0.05) is 6.92 Å². The van der Waals surface area contributed by atoms with Crippen LogP contribution in [0.3, 0.4) is 0 Å². The van der Waals surface area contributed by atoms with Crippen LogP contribution in [-0.4, -0.2) is 12.6 Å². The minimum atomic E-state index is -0.452. The fourth-order valence-corrected chi connectivity index (χ4v) is 0.340. The first-order valence-corrected chi connectivity index (χ1v) is 2.58. The monoisotopic (exact) mass is 115 g/mol. The molecule has 0 bridgehead atoms. The molecule has 8 heavy (non-hydrogen) atoms. The lowest BCUT2D eigenvalue weighted by Gasteiger charge is -1.95. The first-order valence-electron chi connectivity index (χ1n) is 2.58. The Morgan fingerprint density at radius 1 is 1.88 bits per heavy atom. The third kappa shape index (κ3) is 5.27. The van der Waals surface area contributed by atoms with E-state index in [1.54, 1.807) is 0 Å². The number of hydrogen-bond acceptors (Lipinski definition) is 1. The van der Waals surface area contributed by atoms with Crippen molar-refractivity contribution in [1.29, 1.82) is 0 Å². The van der Waals surface area contributed by atoms with Crippen LogP contribution in [0.15, 0.2) is 0 Å². The van der Waals surface area contributed by atoms with Gasteiger partial charge in [-0.25, -0.2) is 4.79 Å². The molecule has 0 aliphatic carbocycles. The third-order valence-corrected chi connectivity index (χ3v) is 0.732. The van der Waals surface area contributed by atoms with Gasteiger partial charge in [-0.2, -0.15) is 0 Å². The predicted molar refractivity (Wildman–Crippen MR) is 32.2 cm³/mol. The average molecular weight is 115 g/mol. The van der Waals surface area contributed by atoms with E-state index < -0.39 is 6.03 Å². The highest BCUT2D eigenvalue weighted by molar-refractivity contribution is 5.71. The predicted octanol–water partition coefficient (Wildman–Crippen LogP) is 0.269. The van der Waals surface area contributed by atoms with Gasteiger partial charge < -0.3 is 11.1 Å². The summed E-state index contributed by atoms with van der Waals surface area (Å²) in [6.07, 6.45) is 2.85. The molecule has 0 aromatic carbocycles. The lowest BCUT2D eigenvalue weighted by molar-refractivity contribution is 0.249. The standard InChI is InChI=1S/C5H11N2O/c1-2-3-4-7-5(6)8/h2H,3-4H2,1H3,(H3,6,7,8). The quantitative estimate of drug-likeness (QED) is 0.509. The van der Waals surface area contributed by atoms with Crippen LogP contribution in [0.5, 0.6) is 0 Å². The third-order valence-electron chi connectivity index (χ3n) is 0.732. The number of primary amides is 1. The van der Waals surface area contributed by atoms with Gasteiger partial charge in [-0.15, -0.1) is 0 Å². The second-order valence-corrected chi connectivity index (χ2v) is 1.49. The van der Waals surface area contributed by atoms with E-state index in [1.807, 2.05) is 13.3 Å². The molecule has 0 aromatic rings. The molecular formula is C5H11N2O. The zero-order chi connectivity index (χ0) is 6.41. The van der Waals surface area contributed by atoms with Crippen LogP contribution < -0.4 is 11.1 Å². The van der Waals surface area contributed by atoms with Crippen LogP contribution in [0.2, 0.25) is 0 Å². The molecule has 0 spiro atoms. The van der Waals surface area contributed by atoms with Gasteiger partial charge in [0, 0.05) is 6.54 Å². The molecule has 47 valence electrons. The molecule has 3 nitrogen and oxygen atoms in total. The number of hydrogen-bond donors (Lipinski definition) is 2. The highest BCUT2D eigenvalue weighted by Gasteiger charge is 1.86. The molecule has 3 heteroatoms. The zero-order valence-corrected chi connectivity index (χ0v) is 4.98. The molecule has 0 atom stereocenters. The van der Waals surface area contributed by atoms with E-state index >= 15 is 0 Å². The highest BCUT2D eigenvalue weighted by Crippen LogP contribution is 1.78. The molecule has 3 N–H and O–H groups in total. The van der Waals surface area contributed by atoms with Crippen LogP contribution in [0.4, 0.5) is 4.79 Å². The number of carbonyl (C=O) groups is 1. The Labute approximate surface area is 49.3 Å². The molecule has 2 amide bonds. The van der Waals surface area contributed by atoms with E-state index in [0.29, 0.717) is 6.54 Å². The van der Waals surface area contributed by atoms with Gasteiger partial charge in [-0.05, 0) is 12.8 Å². The minimum absolute atomic E-state index is 0.452. The molecular weight excluding hydrogens is 104 g/mol. The topological polar surface area (TPSA) is 55.1 Å². The van der Waals surface area contributed by atoms with Crippen molar-refractivity contribution in [1.82, 2.24) is 5.32 Å². The zero-order valence-electron chi connectivity index (χ0n) is 4.98. The van der Waals surface area contributed by atoms with Crippen LogP contribution in [-0.2, 0) is 0 Å². The highest BCUT2D eigenvalue weighted by atomic mass is 16.2. The Bertz CT molecular complexity index is 72.8. The minimum Gasteiger partial charge on any atom is -0.352 e. The summed E-state index contributed by atoms with van der Waals surface area (Å²) in [4.78, 5) is 9.97. The Kier molecular flexibility index (Phi) is 4.03. The van der Waals surface area contributed by atoms with Crippen LogP contribution >= 0.6 is 0 Å². The van der Waals surface area contributed by atoms with Gasteiger partial charge in [0.1, 0.15) is 0 Å². The molecule has 0 aromatic heterocycles. The number of carbonyl (C=O) groups excluding carboxylic acids is 1. The Balaban J connectivity index is 2.82. The number of nitrogens with two attached hydrogens (primary N) is 1. The number of nitrogens with one attached hydrogen (secondary N) is 1. The van der Waals surface area contributed by atoms with Gasteiger partial charge in [0.15, 0.2) is 0 Å². The second-order valence-electron chi connectivity index (χ2n) is 1.49. The largest absolute Gasteiger partial charge is 0.352 e. The number of rotatable bonds is 3. The normalized spacial score (nSPS) is 8.62. The Morgan fingerprint density at radius 3 is 2.88 bits per heavy atom. The van der Waals surface area contributed by atoms with E-state index in [1.165, 1.54) is 0 Å². The number of unbranched alkanes of at least 4 members (excludes halogenated alkanes) is 1. The first-order chi connectivity index (χ1) is 3.77. The summed E-state index contributed by atoms with van der Waals surface area (Å²) >= 11 is 0. The van der Waals surface area contributed by atoms with Crippen LogP contribution in [0.1, 0.15) is 13.3 Å². The number of urea groups is 1. The van der Waals surface area contributed by atoms with Crippen molar-refractivity contribution in [2.24, 2.45) is 5.73 Å². The molecule has 0 saturated heterocycles. The Hall–Kier alpha value is -0.730. The van der Waals surface area contributed by atoms with E-state index in [9.17, 15) is 4.79 Å². The fraction of sp³-hybridized carbons (Fsp3) is 0.600. The summed E-state index contributed by atoms with van der Waals surface area (Å²) in [5.74, 6) is 0. The van der Waals surface area contributed by atoms with Crippen molar-refractivity contribution in [3.8, 4) is 0 Å². The van der Waals surface area contributed by atoms with Crippen LogP contribution in [0.25, 0.3) is 0 Å². The number of amides is 2. The molecule has 0 fully saturated rings. The van der Waals surface area contributed by atoms with Gasteiger partial charge >= 0.3 is 6.03 Å². The van der Waals surface area contributed by atoms with Crippen molar-refractivity contribution in [3.63, 3.8) is 0 Å². The summed E-state index contributed by atoms with van der Waals surface area (Å²) in [6.45, 7) is 2.58. The van der Waals surface area contributed by atoms with Crippen molar-refractivity contribution in [2.75, 3.05) is 6.54 Å². The van der Waals surface area contributed by atoms with E-state index in [0.717, 1.165) is 6.42 Å². The van der Waals surface area contributed by atoms with E-state index in [4.69, 9.17) is 5.73 Å². The first kappa shape index (κ1) is 7.27. The van der Waals surface area contributed by atoms with Gasteiger partial charge in [0.05, 0.1) is 0 Å². The molecule has 1 radical (unpaired) electrons. The molecule has 0 aliphatic heterocycles. The molecule has 0 heterocycles. The maximum atomic E-state index is 9.97. The second kappa shape index (κ2) is 4.43. The maximum absolute atomic E-state index is 9.97. The summed E-state index contributed by atoms with van der Waals surface area (Å²) < 4.78 is 0. The van der Waals surface area contributed by atoms with Crippen molar-refractivity contribution in [3.05, 3.63) is 6.42 Å². The lowest BCUT2D eigenvalue weighted by Crippen LogP contribution is -2.29. The molecule has 0 unspecified atom stereocenters. The summed E-state index contributed by atoms with van der Waals surface area (Å²) in [5, 5.41) is 2.45. The SMILES string of the molecule is C[CH]CCNC(N)=O. The van der Waals surface area contributed by atoms with Crippen LogP contribution in [0, 0.1) is 6.42 Å².